The molecule has 0 saturated heterocycles. The molecule has 0 radical (unpaired) electrons. The lowest BCUT2D eigenvalue weighted by molar-refractivity contribution is 1.29. The van der Waals surface area contributed by atoms with E-state index in [2.05, 4.69) is 27.6 Å². The second-order valence-corrected chi connectivity index (χ2v) is 6.20. The fourth-order valence-corrected chi connectivity index (χ4v) is 2.94. The predicted molar refractivity (Wildman–Crippen MR) is 130 cm³/mol. The molecular weight excluding hydrogens is 376 g/mol. The van der Waals surface area contributed by atoms with E-state index >= 15 is 0 Å². The van der Waals surface area contributed by atoms with Gasteiger partial charge in [0.2, 0.25) is 0 Å². The number of allylic oxidation sites excluding steroid dienone is 3. The Bertz CT molecular complexity index is 895. The van der Waals surface area contributed by atoms with E-state index in [1.807, 2.05) is 92.9 Å². The third-order valence-corrected chi connectivity index (χ3v) is 4.12. The fraction of sp³-hybridized carbons (Fsp3) is 0.375. The maximum Gasteiger partial charge on any atom is 0.137 e. The molecule has 0 aliphatic heterocycles. The van der Waals surface area contributed by atoms with Crippen molar-refractivity contribution < 1.29 is 0 Å². The predicted octanol–water partition coefficient (Wildman–Crippen LogP) is 7.88. The Morgan fingerprint density at radius 3 is 2.21 bits per heavy atom. The topological polar surface area (TPSA) is 65.4 Å². The van der Waals surface area contributed by atoms with Crippen LogP contribution >= 0.6 is 11.3 Å². The minimum absolute atomic E-state index is 0.492. The Labute approximate surface area is 181 Å². The third-order valence-electron chi connectivity index (χ3n) is 3.17. The summed E-state index contributed by atoms with van der Waals surface area (Å²) in [7, 11) is 0. The van der Waals surface area contributed by atoms with Crippen LogP contribution in [0.15, 0.2) is 49.0 Å². The molecular formula is C24H36N4S. The minimum atomic E-state index is 0.492. The highest BCUT2D eigenvalue weighted by Crippen LogP contribution is 2.26. The highest BCUT2D eigenvalue weighted by Gasteiger charge is 2.07. The normalized spacial score (nSPS) is 9.17. The van der Waals surface area contributed by atoms with Gasteiger partial charge in [0, 0.05) is 29.5 Å². The molecule has 3 aromatic rings. The second kappa shape index (κ2) is 17.4. The van der Waals surface area contributed by atoms with E-state index < -0.39 is 0 Å². The monoisotopic (exact) mass is 412 g/mol. The van der Waals surface area contributed by atoms with E-state index in [4.69, 9.17) is 5.26 Å². The molecule has 3 heterocycles. The SMILES string of the molecule is C=C(C#N)/C(=C\C)c1cnc(C)s1.CC.CC.CC.Cc1cnc2[nH]ccc2c1. The van der Waals surface area contributed by atoms with Gasteiger partial charge in [-0.1, -0.05) is 54.2 Å². The number of rotatable bonds is 2. The first-order chi connectivity index (χ1) is 14.0. The van der Waals surface area contributed by atoms with Crippen LogP contribution in [0.3, 0.4) is 0 Å². The van der Waals surface area contributed by atoms with Crippen molar-refractivity contribution in [1.29, 1.82) is 5.26 Å². The van der Waals surface area contributed by atoms with Gasteiger partial charge in [-0.25, -0.2) is 9.97 Å². The Morgan fingerprint density at radius 2 is 1.72 bits per heavy atom. The van der Waals surface area contributed by atoms with Crippen LogP contribution in [0.1, 0.15) is 63.9 Å². The highest BCUT2D eigenvalue weighted by molar-refractivity contribution is 7.12. The summed E-state index contributed by atoms with van der Waals surface area (Å²) in [5, 5.41) is 10.9. The first kappa shape index (κ1) is 28.5. The maximum absolute atomic E-state index is 8.70. The lowest BCUT2D eigenvalue weighted by Crippen LogP contribution is -1.81. The number of nitrogens with zero attached hydrogens (tertiary/aromatic N) is 3. The summed E-state index contributed by atoms with van der Waals surface area (Å²) in [4.78, 5) is 12.4. The summed E-state index contributed by atoms with van der Waals surface area (Å²) in [5.74, 6) is 0. The maximum atomic E-state index is 8.70. The van der Waals surface area contributed by atoms with Crippen molar-refractivity contribution >= 4 is 27.9 Å². The van der Waals surface area contributed by atoms with E-state index in [9.17, 15) is 0 Å². The molecule has 0 saturated carbocycles. The lowest BCUT2D eigenvalue weighted by Gasteiger charge is -1.98. The van der Waals surface area contributed by atoms with Crippen molar-refractivity contribution in [2.24, 2.45) is 0 Å². The molecule has 1 N–H and O–H groups in total. The van der Waals surface area contributed by atoms with Gasteiger partial charge in [0.05, 0.1) is 21.5 Å². The largest absolute Gasteiger partial charge is 0.346 e. The molecule has 0 amide bonds. The molecule has 0 bridgehead atoms. The molecule has 0 unspecified atom stereocenters. The summed E-state index contributed by atoms with van der Waals surface area (Å²) in [6.45, 7) is 21.6. The van der Waals surface area contributed by atoms with Crippen molar-refractivity contribution in [2.75, 3.05) is 0 Å². The van der Waals surface area contributed by atoms with Crippen molar-refractivity contribution in [3.05, 3.63) is 64.4 Å². The smallest absolute Gasteiger partial charge is 0.137 e. The van der Waals surface area contributed by atoms with Gasteiger partial charge in [-0.05, 0) is 38.5 Å². The van der Waals surface area contributed by atoms with Crippen molar-refractivity contribution in [3.63, 3.8) is 0 Å². The number of hydrogen-bond donors (Lipinski definition) is 1. The quantitative estimate of drug-likeness (QED) is 0.344. The molecule has 0 aromatic carbocycles. The van der Waals surface area contributed by atoms with Gasteiger partial charge in [-0.2, -0.15) is 5.26 Å². The van der Waals surface area contributed by atoms with E-state index in [0.29, 0.717) is 5.57 Å². The number of aryl methyl sites for hydroxylation is 2. The van der Waals surface area contributed by atoms with E-state index in [1.165, 1.54) is 10.9 Å². The Kier molecular flexibility index (Phi) is 17.1. The number of fused-ring (bicyclic) bond motifs is 1. The molecule has 0 spiro atoms. The average Bonchev–Trinajstić information content (AvgIpc) is 3.42. The Balaban J connectivity index is 0. The van der Waals surface area contributed by atoms with E-state index in [1.54, 1.807) is 17.5 Å². The zero-order valence-corrected chi connectivity index (χ0v) is 20.2. The van der Waals surface area contributed by atoms with Crippen LogP contribution in [-0.2, 0) is 0 Å². The molecule has 4 nitrogen and oxygen atoms in total. The molecule has 3 rings (SSSR count). The summed E-state index contributed by atoms with van der Waals surface area (Å²) in [6.07, 6.45) is 7.42. The van der Waals surface area contributed by atoms with Crippen LogP contribution in [0.5, 0.6) is 0 Å². The van der Waals surface area contributed by atoms with Crippen LogP contribution in [0.25, 0.3) is 16.6 Å². The number of pyridine rings is 1. The van der Waals surface area contributed by atoms with Gasteiger partial charge in [0.1, 0.15) is 5.65 Å². The van der Waals surface area contributed by atoms with Crippen LogP contribution in [-0.4, -0.2) is 15.0 Å². The first-order valence-electron chi connectivity index (χ1n) is 10.1. The van der Waals surface area contributed by atoms with Gasteiger partial charge < -0.3 is 4.98 Å². The Morgan fingerprint density at radius 1 is 1.10 bits per heavy atom. The number of thiazole rings is 1. The van der Waals surface area contributed by atoms with Crippen molar-refractivity contribution in [3.8, 4) is 6.07 Å². The van der Waals surface area contributed by atoms with Gasteiger partial charge in [0.25, 0.3) is 0 Å². The Hall–Kier alpha value is -2.71. The van der Waals surface area contributed by atoms with Crippen LogP contribution in [0, 0.1) is 25.2 Å². The molecule has 158 valence electrons. The second-order valence-electron chi connectivity index (χ2n) is 4.96. The van der Waals surface area contributed by atoms with Gasteiger partial charge in [0.15, 0.2) is 0 Å². The lowest BCUT2D eigenvalue weighted by atomic mass is 10.1. The van der Waals surface area contributed by atoms with Crippen LogP contribution in [0.2, 0.25) is 0 Å². The van der Waals surface area contributed by atoms with Gasteiger partial charge in [-0.15, -0.1) is 11.3 Å². The molecule has 29 heavy (non-hydrogen) atoms. The molecule has 3 aromatic heterocycles. The van der Waals surface area contributed by atoms with Crippen LogP contribution < -0.4 is 0 Å². The zero-order valence-electron chi connectivity index (χ0n) is 19.4. The van der Waals surface area contributed by atoms with Crippen LogP contribution in [0.4, 0.5) is 0 Å². The standard InChI is InChI=1S/C10H10N2S.C8H8N2.3C2H6/c1-4-9(7(2)5-11)10-6-12-8(3)13-10;1-6-4-7-2-3-9-8(7)10-5-6;3*1-2/h4,6H,2H2,1,3H3;2-5H,1H3,(H,9,10);3*1-2H3/b9-4+;;;;. The van der Waals surface area contributed by atoms with Crippen molar-refractivity contribution in [2.45, 2.75) is 62.3 Å². The first-order valence-corrected chi connectivity index (χ1v) is 10.9. The highest BCUT2D eigenvalue weighted by atomic mass is 32.1. The van der Waals surface area contributed by atoms with E-state index in [-0.39, 0.29) is 0 Å². The zero-order chi connectivity index (χ0) is 22.8. The molecule has 0 atom stereocenters. The number of nitriles is 1. The number of aromatic nitrogens is 3. The molecule has 0 aliphatic carbocycles. The molecule has 0 fully saturated rings. The molecule has 0 aliphatic rings. The average molecular weight is 413 g/mol. The van der Waals surface area contributed by atoms with Gasteiger partial charge >= 0.3 is 0 Å². The van der Waals surface area contributed by atoms with Crippen molar-refractivity contribution in [1.82, 2.24) is 15.0 Å². The number of hydrogen-bond acceptors (Lipinski definition) is 4. The number of aromatic amines is 1. The minimum Gasteiger partial charge on any atom is -0.346 e. The summed E-state index contributed by atoms with van der Waals surface area (Å²) >= 11 is 1.57. The fourth-order valence-electron chi connectivity index (χ4n) is 2.06. The molecule has 5 heteroatoms. The number of nitrogens with one attached hydrogen (secondary N) is 1. The van der Waals surface area contributed by atoms with Gasteiger partial charge in [-0.3, -0.25) is 0 Å². The van der Waals surface area contributed by atoms with E-state index in [0.717, 1.165) is 21.1 Å². The number of H-pyrrole nitrogens is 1. The third kappa shape index (κ3) is 9.87. The summed E-state index contributed by atoms with van der Waals surface area (Å²) < 4.78 is 0. The summed E-state index contributed by atoms with van der Waals surface area (Å²) in [6, 6.07) is 6.17. The summed E-state index contributed by atoms with van der Waals surface area (Å²) in [5.41, 5.74) is 3.54.